The van der Waals surface area contributed by atoms with Gasteiger partial charge in [-0.1, -0.05) is 32.4 Å². The largest absolute Gasteiger partial charge is 0.457 e. The van der Waals surface area contributed by atoms with Gasteiger partial charge in [0, 0.05) is 21.5 Å². The normalized spacial score (nSPS) is 16.1. The fraction of sp³-hybridized carbons (Fsp3) is 0.308. The summed E-state index contributed by atoms with van der Waals surface area (Å²) in [6.07, 6.45) is 5.70. The van der Waals surface area contributed by atoms with Gasteiger partial charge in [0.1, 0.15) is 16.5 Å². The van der Waals surface area contributed by atoms with E-state index in [0.29, 0.717) is 33.0 Å². The molecule has 2 heterocycles. The zero-order valence-corrected chi connectivity index (χ0v) is 20.5. The molecular formula is C26H27ClN2O3S. The maximum Gasteiger partial charge on any atom is 0.251 e. The molecule has 7 heteroatoms. The molecule has 0 aliphatic heterocycles. The molecule has 1 atom stereocenters. The van der Waals surface area contributed by atoms with Crippen molar-refractivity contribution in [2.75, 3.05) is 5.32 Å². The number of furan rings is 1. The van der Waals surface area contributed by atoms with Crippen LogP contribution in [-0.4, -0.2) is 11.8 Å². The Hall–Kier alpha value is -2.83. The number of hydrogen-bond acceptors (Lipinski definition) is 4. The van der Waals surface area contributed by atoms with E-state index >= 15 is 0 Å². The molecule has 0 saturated heterocycles. The Kier molecular flexibility index (Phi) is 6.50. The van der Waals surface area contributed by atoms with Crippen LogP contribution in [0, 0.1) is 11.3 Å². The van der Waals surface area contributed by atoms with Gasteiger partial charge in [-0.3, -0.25) is 9.59 Å². The maximum absolute atomic E-state index is 12.6. The average molecular weight is 483 g/mol. The predicted molar refractivity (Wildman–Crippen MR) is 135 cm³/mol. The molecule has 172 valence electrons. The van der Waals surface area contributed by atoms with Gasteiger partial charge in [0.25, 0.3) is 5.91 Å². The smallest absolute Gasteiger partial charge is 0.251 e. The quantitative estimate of drug-likeness (QED) is 0.403. The Labute approximate surface area is 202 Å². The number of carbonyl (C=O) groups excluding carboxylic acids is 2. The van der Waals surface area contributed by atoms with Crippen LogP contribution < -0.4 is 11.1 Å². The molecule has 3 aromatic rings. The Bertz CT molecular complexity index is 1220. The van der Waals surface area contributed by atoms with Gasteiger partial charge in [0.05, 0.1) is 5.56 Å². The molecule has 4 rings (SSSR count). The summed E-state index contributed by atoms with van der Waals surface area (Å²) in [6, 6.07) is 11.0. The van der Waals surface area contributed by atoms with Crippen LogP contribution in [0.1, 0.15) is 53.8 Å². The minimum absolute atomic E-state index is 0.189. The maximum atomic E-state index is 12.6. The topological polar surface area (TPSA) is 85.3 Å². The number of amides is 2. The highest BCUT2D eigenvalue weighted by Crippen LogP contribution is 2.44. The lowest BCUT2D eigenvalue weighted by Crippen LogP contribution is -2.27. The van der Waals surface area contributed by atoms with Crippen molar-refractivity contribution in [1.29, 1.82) is 0 Å². The lowest BCUT2D eigenvalue weighted by atomic mass is 9.72. The van der Waals surface area contributed by atoms with Crippen LogP contribution in [0.4, 0.5) is 5.00 Å². The molecule has 1 aliphatic rings. The highest BCUT2D eigenvalue weighted by molar-refractivity contribution is 7.17. The summed E-state index contributed by atoms with van der Waals surface area (Å²) in [7, 11) is 0. The molecule has 2 amide bonds. The zero-order valence-electron chi connectivity index (χ0n) is 18.9. The number of nitrogens with one attached hydrogen (secondary N) is 1. The fourth-order valence-electron chi connectivity index (χ4n) is 4.20. The van der Waals surface area contributed by atoms with Gasteiger partial charge in [-0.15, -0.1) is 11.3 Å². The molecule has 1 aliphatic carbocycles. The van der Waals surface area contributed by atoms with Crippen LogP contribution in [0.3, 0.4) is 0 Å². The van der Waals surface area contributed by atoms with Crippen molar-refractivity contribution < 1.29 is 14.0 Å². The molecule has 0 fully saturated rings. The third kappa shape index (κ3) is 5.23. The van der Waals surface area contributed by atoms with Crippen LogP contribution in [0.25, 0.3) is 17.4 Å². The van der Waals surface area contributed by atoms with Gasteiger partial charge >= 0.3 is 0 Å². The van der Waals surface area contributed by atoms with E-state index in [4.69, 9.17) is 21.8 Å². The second-order valence-electron chi connectivity index (χ2n) is 9.41. The van der Waals surface area contributed by atoms with Gasteiger partial charge in [-0.2, -0.15) is 0 Å². The summed E-state index contributed by atoms with van der Waals surface area (Å²) in [5, 5.41) is 4.03. The van der Waals surface area contributed by atoms with Crippen molar-refractivity contribution in [3.8, 4) is 11.3 Å². The number of nitrogens with two attached hydrogens (primary N) is 1. The third-order valence-corrected chi connectivity index (χ3v) is 7.55. The Morgan fingerprint density at radius 2 is 1.91 bits per heavy atom. The van der Waals surface area contributed by atoms with Crippen molar-refractivity contribution >= 4 is 45.8 Å². The Morgan fingerprint density at radius 3 is 2.58 bits per heavy atom. The van der Waals surface area contributed by atoms with Crippen molar-refractivity contribution in [2.24, 2.45) is 17.1 Å². The molecule has 0 saturated carbocycles. The van der Waals surface area contributed by atoms with Crippen molar-refractivity contribution in [3.63, 3.8) is 0 Å². The van der Waals surface area contributed by atoms with Gasteiger partial charge in [0.15, 0.2) is 0 Å². The van der Waals surface area contributed by atoms with Gasteiger partial charge in [0.2, 0.25) is 5.91 Å². The lowest BCUT2D eigenvalue weighted by Gasteiger charge is -2.33. The molecule has 0 spiro atoms. The van der Waals surface area contributed by atoms with Crippen LogP contribution in [-0.2, 0) is 17.6 Å². The molecule has 5 nitrogen and oxygen atoms in total. The predicted octanol–water partition coefficient (Wildman–Crippen LogP) is 6.56. The van der Waals surface area contributed by atoms with Gasteiger partial charge in [-0.05, 0) is 78.6 Å². The average Bonchev–Trinajstić information content (AvgIpc) is 3.36. The minimum Gasteiger partial charge on any atom is -0.457 e. The number of anilines is 1. The number of fused-ring (bicyclic) bond motifs is 1. The van der Waals surface area contributed by atoms with Crippen LogP contribution in [0.2, 0.25) is 5.02 Å². The Balaban J connectivity index is 1.49. The van der Waals surface area contributed by atoms with E-state index in [1.807, 2.05) is 18.2 Å². The first-order valence-electron chi connectivity index (χ1n) is 10.9. The van der Waals surface area contributed by atoms with Crippen LogP contribution in [0.5, 0.6) is 0 Å². The SMILES string of the molecule is CC(C)(C)C1CCc2c(sc(NC(=O)/C=C/c3ccc(-c4ccc(Cl)cc4)o3)c2C(N)=O)C1. The van der Waals surface area contributed by atoms with E-state index in [-0.39, 0.29) is 11.3 Å². The van der Waals surface area contributed by atoms with Crippen molar-refractivity contribution in [1.82, 2.24) is 0 Å². The van der Waals surface area contributed by atoms with Crippen molar-refractivity contribution in [2.45, 2.75) is 40.0 Å². The first-order valence-corrected chi connectivity index (χ1v) is 12.1. The van der Waals surface area contributed by atoms with E-state index < -0.39 is 5.91 Å². The highest BCUT2D eigenvalue weighted by atomic mass is 35.5. The summed E-state index contributed by atoms with van der Waals surface area (Å²) in [5.74, 6) is 0.917. The molecule has 0 radical (unpaired) electrons. The molecule has 1 aromatic carbocycles. The monoisotopic (exact) mass is 482 g/mol. The molecule has 1 unspecified atom stereocenters. The zero-order chi connectivity index (χ0) is 23.8. The molecule has 0 bridgehead atoms. The van der Waals surface area contributed by atoms with Crippen molar-refractivity contribution in [3.05, 3.63) is 69.3 Å². The summed E-state index contributed by atoms with van der Waals surface area (Å²) in [6.45, 7) is 6.73. The number of carbonyl (C=O) groups is 2. The number of hydrogen-bond donors (Lipinski definition) is 2. The summed E-state index contributed by atoms with van der Waals surface area (Å²) in [5.41, 5.74) is 8.21. The first-order chi connectivity index (χ1) is 15.6. The number of primary amides is 1. The first kappa shape index (κ1) is 23.3. The summed E-state index contributed by atoms with van der Waals surface area (Å²) >= 11 is 7.39. The lowest BCUT2D eigenvalue weighted by molar-refractivity contribution is -0.111. The summed E-state index contributed by atoms with van der Waals surface area (Å²) < 4.78 is 5.80. The number of thiophene rings is 1. The van der Waals surface area contributed by atoms with E-state index in [1.54, 1.807) is 24.3 Å². The molecular weight excluding hydrogens is 456 g/mol. The second kappa shape index (κ2) is 9.20. The van der Waals surface area contributed by atoms with E-state index in [1.165, 1.54) is 17.4 Å². The molecule has 33 heavy (non-hydrogen) atoms. The van der Waals surface area contributed by atoms with Crippen LogP contribution in [0.15, 0.2) is 46.9 Å². The van der Waals surface area contributed by atoms with E-state index in [0.717, 1.165) is 35.3 Å². The van der Waals surface area contributed by atoms with E-state index in [2.05, 4.69) is 26.1 Å². The highest BCUT2D eigenvalue weighted by Gasteiger charge is 2.33. The number of halogens is 1. The van der Waals surface area contributed by atoms with E-state index in [9.17, 15) is 9.59 Å². The molecule has 2 aromatic heterocycles. The van der Waals surface area contributed by atoms with Crippen LogP contribution >= 0.6 is 22.9 Å². The standard InChI is InChI=1S/C26H27ClN2O3S/c1-26(2,3)16-6-11-19-21(14-16)33-25(23(19)24(28)31)29-22(30)13-10-18-9-12-20(32-18)15-4-7-17(27)8-5-15/h4-5,7-10,12-13,16H,6,11,14H2,1-3H3,(H2,28,31)(H,29,30)/b13-10+. The Morgan fingerprint density at radius 1 is 1.18 bits per heavy atom. The third-order valence-electron chi connectivity index (χ3n) is 6.13. The number of rotatable bonds is 5. The summed E-state index contributed by atoms with van der Waals surface area (Å²) in [4.78, 5) is 25.9. The fourth-order valence-corrected chi connectivity index (χ4v) is 5.66. The van der Waals surface area contributed by atoms with Gasteiger partial charge in [-0.25, -0.2) is 0 Å². The molecule has 3 N–H and O–H groups in total. The van der Waals surface area contributed by atoms with Gasteiger partial charge < -0.3 is 15.5 Å². The number of benzene rings is 1. The second-order valence-corrected chi connectivity index (χ2v) is 11.0. The minimum atomic E-state index is -0.500.